The molecule has 2 unspecified atom stereocenters. The van der Waals surface area contributed by atoms with Crippen LogP contribution in [0.15, 0.2) is 23.7 Å². The first-order chi connectivity index (χ1) is 13.9. The third-order valence-corrected chi connectivity index (χ3v) is 6.17. The number of carbonyl (C=O) groups excluding carboxylic acids is 2. The van der Waals surface area contributed by atoms with Crippen LogP contribution in [0.1, 0.15) is 43.9 Å². The molecule has 2 atom stereocenters. The number of aryl methyl sites for hydroxylation is 1. The number of hydrogen-bond acceptors (Lipinski definition) is 6. The van der Waals surface area contributed by atoms with Crippen LogP contribution >= 0.6 is 11.3 Å². The van der Waals surface area contributed by atoms with Gasteiger partial charge in [-0.25, -0.2) is 4.98 Å². The smallest absolute Gasteiger partial charge is 0.243 e. The molecule has 3 N–H and O–H groups in total. The highest BCUT2D eigenvalue weighted by atomic mass is 32.1. The summed E-state index contributed by atoms with van der Waals surface area (Å²) < 4.78 is 0. The lowest BCUT2D eigenvalue weighted by molar-refractivity contribution is -0.138. The maximum atomic E-state index is 12.7. The summed E-state index contributed by atoms with van der Waals surface area (Å²) in [7, 11) is 0. The molecule has 1 aromatic heterocycles. The van der Waals surface area contributed by atoms with Crippen molar-refractivity contribution in [1.82, 2.24) is 15.2 Å². The van der Waals surface area contributed by atoms with Crippen molar-refractivity contribution in [2.45, 2.75) is 58.2 Å². The Bertz CT molecular complexity index is 883. The third-order valence-electron chi connectivity index (χ3n) is 5.19. The van der Waals surface area contributed by atoms with Crippen LogP contribution in [0.4, 0.5) is 0 Å². The van der Waals surface area contributed by atoms with Crippen molar-refractivity contribution in [3.05, 3.63) is 35.0 Å². The van der Waals surface area contributed by atoms with E-state index in [2.05, 4.69) is 10.3 Å². The van der Waals surface area contributed by atoms with Crippen LogP contribution in [-0.4, -0.2) is 50.6 Å². The molecule has 0 radical (unpaired) electrons. The number of aliphatic hydroxyl groups excluding tert-OH is 1. The Morgan fingerprint density at radius 2 is 2.17 bits per heavy atom. The molecule has 1 aliphatic heterocycles. The Hall–Kier alpha value is -2.45. The molecular formula is C21H27N3O4S. The monoisotopic (exact) mass is 417 g/mol. The molecule has 0 aliphatic carbocycles. The number of aromatic nitrogens is 1. The number of rotatable bonds is 7. The molecule has 0 saturated carbocycles. The molecule has 1 aromatic carbocycles. The van der Waals surface area contributed by atoms with Crippen LogP contribution in [0, 0.1) is 6.92 Å². The molecule has 1 fully saturated rings. The number of amides is 2. The van der Waals surface area contributed by atoms with Gasteiger partial charge in [-0.2, -0.15) is 0 Å². The molecule has 7 nitrogen and oxygen atoms in total. The fourth-order valence-electron chi connectivity index (χ4n) is 3.54. The second-order valence-electron chi connectivity index (χ2n) is 7.38. The summed E-state index contributed by atoms with van der Waals surface area (Å²) in [5.74, 6) is -0.318. The number of hydrogen-bond donors (Lipinski definition) is 3. The highest BCUT2D eigenvalue weighted by Gasteiger charge is 2.38. The minimum absolute atomic E-state index is 0.0953. The summed E-state index contributed by atoms with van der Waals surface area (Å²) in [5.41, 5.74) is 4.14. The van der Waals surface area contributed by atoms with E-state index in [1.165, 1.54) is 16.2 Å². The molecule has 2 aromatic rings. The van der Waals surface area contributed by atoms with Gasteiger partial charge in [-0.15, -0.1) is 11.3 Å². The molecule has 0 spiro atoms. The number of benzene rings is 1. The Kier molecular flexibility index (Phi) is 6.87. The molecule has 8 heteroatoms. The van der Waals surface area contributed by atoms with Gasteiger partial charge in [-0.1, -0.05) is 25.5 Å². The predicted octanol–water partition coefficient (Wildman–Crippen LogP) is 2.59. The molecule has 156 valence electrons. The average molecular weight is 418 g/mol. The number of likely N-dealkylation sites (tertiary alicyclic amines) is 1. The van der Waals surface area contributed by atoms with E-state index in [1.807, 2.05) is 19.9 Å². The predicted molar refractivity (Wildman–Crippen MR) is 111 cm³/mol. The highest BCUT2D eigenvalue weighted by Crippen LogP contribution is 2.31. The Morgan fingerprint density at radius 1 is 1.38 bits per heavy atom. The van der Waals surface area contributed by atoms with Crippen molar-refractivity contribution in [3.63, 3.8) is 0 Å². The molecule has 2 amide bonds. The number of unbranched alkanes of at least 4 members (excludes halogenated alkanes) is 1. The van der Waals surface area contributed by atoms with Crippen LogP contribution in [0.25, 0.3) is 10.4 Å². The number of aliphatic hydroxyl groups is 1. The highest BCUT2D eigenvalue weighted by molar-refractivity contribution is 7.13. The van der Waals surface area contributed by atoms with Crippen LogP contribution in [0.3, 0.4) is 0 Å². The fraction of sp³-hybridized carbons (Fsp3) is 0.476. The lowest BCUT2D eigenvalue weighted by atomic mass is 10.1. The summed E-state index contributed by atoms with van der Waals surface area (Å²) in [6.45, 7) is 4.26. The zero-order valence-corrected chi connectivity index (χ0v) is 17.5. The quantitative estimate of drug-likeness (QED) is 0.643. The van der Waals surface area contributed by atoms with Crippen molar-refractivity contribution in [2.24, 2.45) is 0 Å². The van der Waals surface area contributed by atoms with Gasteiger partial charge in [0.15, 0.2) is 0 Å². The van der Waals surface area contributed by atoms with E-state index in [0.29, 0.717) is 12.0 Å². The van der Waals surface area contributed by atoms with Gasteiger partial charge in [-0.3, -0.25) is 9.59 Å². The van der Waals surface area contributed by atoms with Gasteiger partial charge in [0.05, 0.1) is 22.2 Å². The van der Waals surface area contributed by atoms with E-state index < -0.39 is 12.1 Å². The third kappa shape index (κ3) is 4.94. The van der Waals surface area contributed by atoms with Gasteiger partial charge in [0, 0.05) is 31.5 Å². The lowest BCUT2D eigenvalue weighted by Crippen LogP contribution is -2.45. The molecule has 3 rings (SSSR count). The first-order valence-corrected chi connectivity index (χ1v) is 10.8. The van der Waals surface area contributed by atoms with Gasteiger partial charge in [0.2, 0.25) is 11.8 Å². The maximum Gasteiger partial charge on any atom is 0.243 e. The number of phenolic OH excluding ortho intramolecular Hbond substituents is 1. The van der Waals surface area contributed by atoms with Crippen molar-refractivity contribution in [3.8, 4) is 16.2 Å². The van der Waals surface area contributed by atoms with Crippen LogP contribution < -0.4 is 5.32 Å². The number of nitrogens with one attached hydrogen (secondary N) is 1. The minimum Gasteiger partial charge on any atom is -0.508 e. The topological polar surface area (TPSA) is 103 Å². The lowest BCUT2D eigenvalue weighted by Gasteiger charge is -2.23. The van der Waals surface area contributed by atoms with E-state index in [4.69, 9.17) is 0 Å². The SMILES string of the molecule is CCCCC(=O)N1CC(O)CC1C(=O)NCc1ccc(-c2scnc2C)cc1O. The number of aromatic hydroxyl groups is 1. The minimum atomic E-state index is -0.688. The second kappa shape index (κ2) is 9.37. The first-order valence-electron chi connectivity index (χ1n) is 9.88. The molecule has 0 bridgehead atoms. The zero-order valence-electron chi connectivity index (χ0n) is 16.7. The normalized spacial score (nSPS) is 18.8. The largest absolute Gasteiger partial charge is 0.508 e. The number of nitrogens with zero attached hydrogens (tertiary/aromatic N) is 2. The molecule has 1 saturated heterocycles. The summed E-state index contributed by atoms with van der Waals surface area (Å²) in [4.78, 5) is 31.7. The van der Waals surface area contributed by atoms with E-state index in [0.717, 1.165) is 29.0 Å². The summed E-state index contributed by atoms with van der Waals surface area (Å²) in [6, 6.07) is 4.66. The van der Waals surface area contributed by atoms with Gasteiger partial charge in [0.25, 0.3) is 0 Å². The Labute approximate surface area is 174 Å². The number of β-amino-alcohol motifs (C(OH)–C–C–N with tert-alkyl or cyclic N) is 1. The summed E-state index contributed by atoms with van der Waals surface area (Å²) in [5, 5.41) is 23.1. The zero-order chi connectivity index (χ0) is 21.0. The Morgan fingerprint density at radius 3 is 2.83 bits per heavy atom. The van der Waals surface area contributed by atoms with E-state index in [9.17, 15) is 19.8 Å². The molecular weight excluding hydrogens is 390 g/mol. The van der Waals surface area contributed by atoms with Crippen LogP contribution in [0.2, 0.25) is 0 Å². The second-order valence-corrected chi connectivity index (χ2v) is 8.24. The van der Waals surface area contributed by atoms with Gasteiger partial charge < -0.3 is 20.4 Å². The van der Waals surface area contributed by atoms with Gasteiger partial charge in [0.1, 0.15) is 11.8 Å². The molecule has 2 heterocycles. The van der Waals surface area contributed by atoms with Crippen molar-refractivity contribution in [1.29, 1.82) is 0 Å². The fourth-order valence-corrected chi connectivity index (χ4v) is 4.35. The van der Waals surface area contributed by atoms with Crippen molar-refractivity contribution < 1.29 is 19.8 Å². The number of carbonyl (C=O) groups is 2. The van der Waals surface area contributed by atoms with Gasteiger partial charge >= 0.3 is 0 Å². The van der Waals surface area contributed by atoms with Crippen LogP contribution in [-0.2, 0) is 16.1 Å². The summed E-state index contributed by atoms with van der Waals surface area (Å²) in [6.07, 6.45) is 1.59. The Balaban J connectivity index is 1.63. The average Bonchev–Trinajstić information content (AvgIpc) is 3.30. The summed E-state index contributed by atoms with van der Waals surface area (Å²) >= 11 is 1.51. The van der Waals surface area contributed by atoms with E-state index in [1.54, 1.807) is 17.6 Å². The van der Waals surface area contributed by atoms with E-state index >= 15 is 0 Å². The number of thiazole rings is 1. The van der Waals surface area contributed by atoms with Crippen molar-refractivity contribution >= 4 is 23.2 Å². The number of phenols is 1. The standard InChI is InChI=1S/C21H27N3O4S/c1-3-4-5-19(27)24-11-16(25)9-17(24)21(28)22-10-15-7-6-14(8-18(15)26)20-13(2)23-12-29-20/h6-8,12,16-17,25-26H,3-5,9-11H2,1-2H3,(H,22,28). The van der Waals surface area contributed by atoms with Gasteiger partial charge in [-0.05, 0) is 25.0 Å². The molecule has 1 aliphatic rings. The van der Waals surface area contributed by atoms with Crippen LogP contribution in [0.5, 0.6) is 5.75 Å². The maximum absolute atomic E-state index is 12.7. The molecule has 29 heavy (non-hydrogen) atoms. The van der Waals surface area contributed by atoms with Crippen molar-refractivity contribution in [2.75, 3.05) is 6.54 Å². The van der Waals surface area contributed by atoms with E-state index in [-0.39, 0.29) is 37.1 Å². The first kappa shape index (κ1) is 21.3.